The highest BCUT2D eigenvalue weighted by Crippen LogP contribution is 2.22. The molecule has 0 radical (unpaired) electrons. The summed E-state index contributed by atoms with van der Waals surface area (Å²) in [6.07, 6.45) is 0.801. The number of aromatic nitrogens is 1. The second-order valence-corrected chi connectivity index (χ2v) is 5.74. The quantitative estimate of drug-likeness (QED) is 0.773. The number of anilines is 1. The fourth-order valence-corrected chi connectivity index (χ4v) is 2.49. The number of nitrogens with zero attached hydrogens (tertiary/aromatic N) is 1. The Morgan fingerprint density at radius 3 is 2.47 bits per heavy atom. The predicted octanol–water partition coefficient (Wildman–Crippen LogP) is 2.24. The molecule has 1 rings (SSSR count). The van der Waals surface area contributed by atoms with Crippen LogP contribution in [-0.2, 0) is 11.2 Å². The third-order valence-corrected chi connectivity index (χ3v) is 3.60. The first-order valence-electron chi connectivity index (χ1n) is 6.11. The molecule has 7 heteroatoms. The largest absolute Gasteiger partial charge is 0.480 e. The summed E-state index contributed by atoms with van der Waals surface area (Å²) >= 11 is 1.38. The number of nitrogens with one attached hydrogen (secondary N) is 2. The van der Waals surface area contributed by atoms with Gasteiger partial charge < -0.3 is 10.4 Å². The van der Waals surface area contributed by atoms with Crippen molar-refractivity contribution in [1.82, 2.24) is 10.3 Å². The molecule has 0 spiro atoms. The minimum atomic E-state index is -1.05. The summed E-state index contributed by atoms with van der Waals surface area (Å²) in [5.41, 5.74) is 0.943. The van der Waals surface area contributed by atoms with Gasteiger partial charge in [-0.2, -0.15) is 0 Å². The Balaban J connectivity index is 2.66. The van der Waals surface area contributed by atoms with Crippen LogP contribution >= 0.6 is 11.3 Å². The number of rotatable bonds is 5. The van der Waals surface area contributed by atoms with Gasteiger partial charge in [-0.25, -0.2) is 14.6 Å². The number of hydrogen-bond acceptors (Lipinski definition) is 4. The molecule has 19 heavy (non-hydrogen) atoms. The molecule has 2 amide bonds. The molecule has 106 valence electrons. The second kappa shape index (κ2) is 6.51. The minimum absolute atomic E-state index is 0.188. The Morgan fingerprint density at radius 1 is 1.42 bits per heavy atom. The minimum Gasteiger partial charge on any atom is -0.480 e. The van der Waals surface area contributed by atoms with E-state index in [0.29, 0.717) is 5.13 Å². The number of carboxylic acids is 1. The van der Waals surface area contributed by atoms with Crippen LogP contribution in [0.15, 0.2) is 0 Å². The van der Waals surface area contributed by atoms with Crippen molar-refractivity contribution in [2.24, 2.45) is 5.92 Å². The van der Waals surface area contributed by atoms with Crippen LogP contribution in [0.1, 0.15) is 31.3 Å². The van der Waals surface area contributed by atoms with Gasteiger partial charge >= 0.3 is 12.0 Å². The van der Waals surface area contributed by atoms with Crippen LogP contribution < -0.4 is 10.6 Å². The van der Waals surface area contributed by atoms with E-state index < -0.39 is 18.0 Å². The molecule has 6 nitrogen and oxygen atoms in total. The maximum Gasteiger partial charge on any atom is 0.326 e. The van der Waals surface area contributed by atoms with Gasteiger partial charge in [-0.15, -0.1) is 11.3 Å². The third-order valence-electron chi connectivity index (χ3n) is 2.67. The van der Waals surface area contributed by atoms with Crippen molar-refractivity contribution in [1.29, 1.82) is 0 Å². The smallest absolute Gasteiger partial charge is 0.326 e. The van der Waals surface area contributed by atoms with E-state index in [-0.39, 0.29) is 5.92 Å². The van der Waals surface area contributed by atoms with E-state index >= 15 is 0 Å². The Kier molecular flexibility index (Phi) is 5.29. The zero-order valence-electron chi connectivity index (χ0n) is 11.5. The number of amides is 2. The van der Waals surface area contributed by atoms with Gasteiger partial charge in [0.15, 0.2) is 5.13 Å². The molecule has 0 aliphatic rings. The molecule has 0 aromatic carbocycles. The highest BCUT2D eigenvalue weighted by Gasteiger charge is 2.23. The Bertz CT molecular complexity index is 471. The van der Waals surface area contributed by atoms with Gasteiger partial charge in [-0.1, -0.05) is 20.8 Å². The molecule has 0 unspecified atom stereocenters. The first-order chi connectivity index (χ1) is 8.85. The van der Waals surface area contributed by atoms with Gasteiger partial charge in [0, 0.05) is 4.88 Å². The zero-order chi connectivity index (χ0) is 14.6. The van der Waals surface area contributed by atoms with Crippen LogP contribution in [0.4, 0.5) is 9.93 Å². The summed E-state index contributed by atoms with van der Waals surface area (Å²) in [5.74, 6) is -1.23. The van der Waals surface area contributed by atoms with Crippen LogP contribution in [0.5, 0.6) is 0 Å². The molecule has 0 saturated heterocycles. The lowest BCUT2D eigenvalue weighted by Crippen LogP contribution is -2.46. The van der Waals surface area contributed by atoms with Crippen LogP contribution in [0.3, 0.4) is 0 Å². The van der Waals surface area contributed by atoms with Gasteiger partial charge in [0.2, 0.25) is 0 Å². The number of hydrogen-bond donors (Lipinski definition) is 3. The second-order valence-electron chi connectivity index (χ2n) is 4.53. The number of carbonyl (C=O) groups excluding carboxylic acids is 1. The van der Waals surface area contributed by atoms with E-state index in [9.17, 15) is 9.59 Å². The molecule has 1 heterocycles. The molecule has 3 N–H and O–H groups in total. The molecule has 1 aromatic rings. The number of thiazole rings is 1. The average Bonchev–Trinajstić information content (AvgIpc) is 2.65. The van der Waals surface area contributed by atoms with Crippen molar-refractivity contribution in [3.63, 3.8) is 0 Å². The fraction of sp³-hybridized carbons (Fsp3) is 0.583. The normalized spacial score (nSPS) is 12.3. The number of carboxylic acid groups (broad SMARTS) is 1. The van der Waals surface area contributed by atoms with Crippen LogP contribution in [0, 0.1) is 12.8 Å². The van der Waals surface area contributed by atoms with Crippen molar-refractivity contribution < 1.29 is 14.7 Å². The van der Waals surface area contributed by atoms with Crippen molar-refractivity contribution >= 4 is 28.5 Å². The maximum absolute atomic E-state index is 11.7. The first-order valence-corrected chi connectivity index (χ1v) is 6.93. The lowest BCUT2D eigenvalue weighted by atomic mass is 10.1. The molecule has 0 aliphatic carbocycles. The van der Waals surface area contributed by atoms with Crippen LogP contribution in [-0.4, -0.2) is 28.1 Å². The lowest BCUT2D eigenvalue weighted by molar-refractivity contribution is -0.140. The molecule has 0 bridgehead atoms. The number of carbonyl (C=O) groups is 2. The summed E-state index contributed by atoms with van der Waals surface area (Å²) in [4.78, 5) is 28.0. The molecular weight excluding hydrogens is 266 g/mol. The van der Waals surface area contributed by atoms with Gasteiger partial charge in [-0.05, 0) is 19.3 Å². The Hall–Kier alpha value is -1.63. The van der Waals surface area contributed by atoms with Gasteiger partial charge in [0.25, 0.3) is 0 Å². The summed E-state index contributed by atoms with van der Waals surface area (Å²) in [7, 11) is 0. The van der Waals surface area contributed by atoms with Crippen molar-refractivity contribution in [2.75, 3.05) is 5.32 Å². The third kappa shape index (κ3) is 4.20. The average molecular weight is 285 g/mol. The molecule has 0 saturated carbocycles. The molecule has 1 aromatic heterocycles. The molecule has 0 aliphatic heterocycles. The Morgan fingerprint density at radius 2 is 2.05 bits per heavy atom. The SMILES string of the molecule is CCc1nc(NC(=O)N[C@@H](C(=O)O)C(C)C)sc1C. The van der Waals surface area contributed by atoms with Crippen LogP contribution in [0.25, 0.3) is 0 Å². The van der Waals surface area contributed by atoms with Crippen LogP contribution in [0.2, 0.25) is 0 Å². The zero-order valence-corrected chi connectivity index (χ0v) is 12.3. The molecule has 0 fully saturated rings. The van der Waals surface area contributed by atoms with E-state index in [4.69, 9.17) is 5.11 Å². The monoisotopic (exact) mass is 285 g/mol. The highest BCUT2D eigenvalue weighted by molar-refractivity contribution is 7.15. The fourth-order valence-electron chi connectivity index (χ4n) is 1.60. The van der Waals surface area contributed by atoms with Gasteiger partial charge in [-0.3, -0.25) is 5.32 Å². The lowest BCUT2D eigenvalue weighted by Gasteiger charge is -2.17. The predicted molar refractivity (Wildman–Crippen MR) is 74.6 cm³/mol. The van der Waals surface area contributed by atoms with E-state index in [0.717, 1.165) is 17.0 Å². The number of aryl methyl sites for hydroxylation is 2. The van der Waals surface area contributed by atoms with Crippen molar-refractivity contribution in [2.45, 2.75) is 40.2 Å². The maximum atomic E-state index is 11.7. The highest BCUT2D eigenvalue weighted by atomic mass is 32.1. The number of aliphatic carboxylic acids is 1. The molecule has 1 atom stereocenters. The van der Waals surface area contributed by atoms with E-state index in [1.807, 2.05) is 13.8 Å². The van der Waals surface area contributed by atoms with Crippen molar-refractivity contribution in [3.8, 4) is 0 Å². The summed E-state index contributed by atoms with van der Waals surface area (Å²) in [6.45, 7) is 7.41. The first kappa shape index (κ1) is 15.4. The van der Waals surface area contributed by atoms with E-state index in [1.54, 1.807) is 13.8 Å². The van der Waals surface area contributed by atoms with E-state index in [1.165, 1.54) is 11.3 Å². The van der Waals surface area contributed by atoms with Gasteiger partial charge in [0.1, 0.15) is 6.04 Å². The van der Waals surface area contributed by atoms with Crippen molar-refractivity contribution in [3.05, 3.63) is 10.6 Å². The molecular formula is C12H19N3O3S. The summed E-state index contributed by atoms with van der Waals surface area (Å²) < 4.78 is 0. The Labute approximate surface area is 116 Å². The topological polar surface area (TPSA) is 91.3 Å². The summed E-state index contributed by atoms with van der Waals surface area (Å²) in [5, 5.41) is 14.5. The van der Waals surface area contributed by atoms with E-state index in [2.05, 4.69) is 15.6 Å². The standard InChI is InChI=1S/C12H19N3O3S/c1-5-8-7(4)19-12(13-8)15-11(18)14-9(6(2)3)10(16)17/h6,9H,5H2,1-4H3,(H,16,17)(H2,13,14,15,18)/t9-/m1/s1. The van der Waals surface area contributed by atoms with Gasteiger partial charge in [0.05, 0.1) is 5.69 Å². The summed E-state index contributed by atoms with van der Waals surface area (Å²) in [6, 6.07) is -1.45. The number of urea groups is 1.